The number of fused-ring (bicyclic) bond motifs is 1. The number of aromatic nitrogens is 4. The minimum Gasteiger partial charge on any atom is -0.427 e. The van der Waals surface area contributed by atoms with Crippen LogP contribution in [0.4, 0.5) is 0 Å². The Bertz CT molecular complexity index is 649. The minimum absolute atomic E-state index is 0.0237. The second-order valence-electron chi connectivity index (χ2n) is 3.56. The van der Waals surface area contributed by atoms with Crippen molar-refractivity contribution < 1.29 is 5.21 Å². The largest absolute Gasteiger partial charge is 0.427 e. The Labute approximate surface area is 90.1 Å². The minimum atomic E-state index is -0.514. The van der Waals surface area contributed by atoms with Crippen molar-refractivity contribution in [3.8, 4) is 0 Å². The molecule has 1 N–H and O–H groups in total. The van der Waals surface area contributed by atoms with E-state index in [1.165, 1.54) is 11.6 Å². The van der Waals surface area contributed by atoms with E-state index in [0.29, 0.717) is 17.7 Å². The molecule has 2 rings (SSSR count). The molecule has 0 fully saturated rings. The van der Waals surface area contributed by atoms with Crippen molar-refractivity contribution in [3.63, 3.8) is 0 Å². The molecular formula is C9H12N4O3. The Morgan fingerprint density at radius 3 is 2.75 bits per heavy atom. The summed E-state index contributed by atoms with van der Waals surface area (Å²) < 4.78 is 2.99. The first-order chi connectivity index (χ1) is 7.57. The third-order valence-corrected chi connectivity index (χ3v) is 2.46. The molecule has 0 atom stereocenters. The first kappa shape index (κ1) is 10.5. The van der Waals surface area contributed by atoms with Crippen LogP contribution in [-0.4, -0.2) is 24.1 Å². The molecule has 0 unspecified atom stereocenters. The molecular weight excluding hydrogens is 212 g/mol. The lowest BCUT2D eigenvalue weighted by Crippen LogP contribution is -2.39. The number of hydrogen-bond donors (Lipinski definition) is 1. The molecule has 2 aromatic rings. The summed E-state index contributed by atoms with van der Waals surface area (Å²) in [6.45, 7) is 2.19. The van der Waals surface area contributed by atoms with Gasteiger partial charge in [0.15, 0.2) is 11.2 Å². The summed E-state index contributed by atoms with van der Waals surface area (Å²) in [5, 5.41) is 9.43. The van der Waals surface area contributed by atoms with Gasteiger partial charge in [-0.25, -0.2) is 9.78 Å². The van der Waals surface area contributed by atoms with Crippen molar-refractivity contribution >= 4 is 11.2 Å². The molecule has 0 aliphatic carbocycles. The summed E-state index contributed by atoms with van der Waals surface area (Å²) >= 11 is 0. The molecule has 7 nitrogen and oxygen atoms in total. The van der Waals surface area contributed by atoms with Gasteiger partial charge in [0.1, 0.15) is 6.33 Å². The van der Waals surface area contributed by atoms with Crippen molar-refractivity contribution in [2.24, 2.45) is 7.05 Å². The molecule has 16 heavy (non-hydrogen) atoms. The van der Waals surface area contributed by atoms with Gasteiger partial charge < -0.3 is 5.21 Å². The Balaban J connectivity index is 2.98. The van der Waals surface area contributed by atoms with Gasteiger partial charge in [-0.2, -0.15) is 4.73 Å². The zero-order valence-electron chi connectivity index (χ0n) is 9.04. The van der Waals surface area contributed by atoms with E-state index >= 15 is 0 Å². The predicted molar refractivity (Wildman–Crippen MR) is 56.7 cm³/mol. The van der Waals surface area contributed by atoms with Crippen LogP contribution in [0.1, 0.15) is 13.3 Å². The molecule has 0 spiro atoms. The Hall–Kier alpha value is -2.05. The van der Waals surface area contributed by atoms with Gasteiger partial charge >= 0.3 is 5.69 Å². The van der Waals surface area contributed by atoms with Crippen molar-refractivity contribution in [3.05, 3.63) is 27.2 Å². The first-order valence-electron chi connectivity index (χ1n) is 4.94. The summed E-state index contributed by atoms with van der Waals surface area (Å²) in [6, 6.07) is 0. The predicted octanol–water partition coefficient (Wildman–Crippen LogP) is -0.456. The molecule has 2 heterocycles. The van der Waals surface area contributed by atoms with E-state index < -0.39 is 11.2 Å². The maximum Gasteiger partial charge on any atom is 0.332 e. The lowest BCUT2D eigenvalue weighted by molar-refractivity contribution is 0.197. The highest BCUT2D eigenvalue weighted by Gasteiger charge is 2.14. The zero-order valence-corrected chi connectivity index (χ0v) is 9.04. The lowest BCUT2D eigenvalue weighted by Gasteiger charge is -2.06. The quantitative estimate of drug-likeness (QED) is 0.700. The summed E-state index contributed by atoms with van der Waals surface area (Å²) in [5.41, 5.74) is -0.724. The third kappa shape index (κ3) is 1.24. The van der Waals surface area contributed by atoms with Gasteiger partial charge in [0.2, 0.25) is 0 Å². The monoisotopic (exact) mass is 224 g/mol. The highest BCUT2D eigenvalue weighted by atomic mass is 16.5. The lowest BCUT2D eigenvalue weighted by atomic mass is 10.4. The van der Waals surface area contributed by atoms with Crippen molar-refractivity contribution in [1.82, 2.24) is 18.8 Å². The van der Waals surface area contributed by atoms with Crippen LogP contribution in [-0.2, 0) is 13.6 Å². The Kier molecular flexibility index (Phi) is 2.30. The smallest absolute Gasteiger partial charge is 0.332 e. The van der Waals surface area contributed by atoms with Crippen LogP contribution in [0.15, 0.2) is 15.9 Å². The number of imidazole rings is 1. The average molecular weight is 224 g/mol. The fraction of sp³-hybridized carbons (Fsp3) is 0.444. The van der Waals surface area contributed by atoms with E-state index in [2.05, 4.69) is 4.98 Å². The molecule has 0 bridgehead atoms. The molecule has 7 heteroatoms. The summed E-state index contributed by atoms with van der Waals surface area (Å²) in [4.78, 5) is 27.5. The van der Waals surface area contributed by atoms with Gasteiger partial charge in [0.05, 0.1) is 0 Å². The van der Waals surface area contributed by atoms with Gasteiger partial charge in [0, 0.05) is 13.6 Å². The highest BCUT2D eigenvalue weighted by Crippen LogP contribution is 2.02. The highest BCUT2D eigenvalue weighted by molar-refractivity contribution is 5.69. The fourth-order valence-corrected chi connectivity index (χ4v) is 1.68. The van der Waals surface area contributed by atoms with E-state index in [-0.39, 0.29) is 11.2 Å². The molecule has 0 radical (unpaired) electrons. The summed E-state index contributed by atoms with van der Waals surface area (Å²) in [6.07, 6.45) is 1.77. The number of rotatable bonds is 2. The van der Waals surface area contributed by atoms with Crippen molar-refractivity contribution in [1.29, 1.82) is 0 Å². The van der Waals surface area contributed by atoms with E-state index in [4.69, 9.17) is 0 Å². The van der Waals surface area contributed by atoms with Gasteiger partial charge in [-0.15, -0.1) is 0 Å². The summed E-state index contributed by atoms with van der Waals surface area (Å²) in [5.74, 6) is 0. The average Bonchev–Trinajstić information content (AvgIpc) is 2.64. The van der Waals surface area contributed by atoms with Crippen molar-refractivity contribution in [2.75, 3.05) is 0 Å². The second kappa shape index (κ2) is 3.51. The number of hydrogen-bond acceptors (Lipinski definition) is 4. The number of aryl methyl sites for hydroxylation is 1. The van der Waals surface area contributed by atoms with Crippen LogP contribution in [0.3, 0.4) is 0 Å². The van der Waals surface area contributed by atoms with Crippen LogP contribution >= 0.6 is 0 Å². The zero-order chi connectivity index (χ0) is 11.9. The standard InChI is InChI=1S/C9H12N4O3/c1-3-4-12-8(14)6-7(10-5-13(6)16)11(2)9(12)15/h5,16H,3-4H2,1-2H3. The van der Waals surface area contributed by atoms with Gasteiger partial charge in [0.25, 0.3) is 5.56 Å². The SMILES string of the molecule is CCCn1c(=O)c2c(ncn2O)n(C)c1=O. The maximum atomic E-state index is 11.9. The Morgan fingerprint density at radius 2 is 2.12 bits per heavy atom. The second-order valence-corrected chi connectivity index (χ2v) is 3.56. The van der Waals surface area contributed by atoms with E-state index in [1.807, 2.05) is 6.92 Å². The van der Waals surface area contributed by atoms with E-state index in [1.54, 1.807) is 0 Å². The normalized spacial score (nSPS) is 11.1. The first-order valence-corrected chi connectivity index (χ1v) is 4.94. The molecule has 0 aliphatic rings. The van der Waals surface area contributed by atoms with Crippen LogP contribution in [0.2, 0.25) is 0 Å². The van der Waals surface area contributed by atoms with Crippen molar-refractivity contribution in [2.45, 2.75) is 19.9 Å². The molecule has 0 saturated carbocycles. The van der Waals surface area contributed by atoms with Gasteiger partial charge in [-0.1, -0.05) is 6.92 Å². The van der Waals surface area contributed by atoms with E-state index in [9.17, 15) is 14.8 Å². The van der Waals surface area contributed by atoms with Gasteiger partial charge in [-0.3, -0.25) is 13.9 Å². The summed E-state index contributed by atoms with van der Waals surface area (Å²) in [7, 11) is 1.52. The fourth-order valence-electron chi connectivity index (χ4n) is 1.68. The molecule has 86 valence electrons. The van der Waals surface area contributed by atoms with Gasteiger partial charge in [-0.05, 0) is 6.42 Å². The molecule has 2 aromatic heterocycles. The van der Waals surface area contributed by atoms with Crippen LogP contribution in [0.5, 0.6) is 0 Å². The molecule has 0 aromatic carbocycles. The topological polar surface area (TPSA) is 82.0 Å². The van der Waals surface area contributed by atoms with Crippen LogP contribution in [0.25, 0.3) is 11.2 Å². The molecule has 0 aliphatic heterocycles. The number of nitrogens with zero attached hydrogens (tertiary/aromatic N) is 4. The maximum absolute atomic E-state index is 11.9. The Morgan fingerprint density at radius 1 is 1.44 bits per heavy atom. The van der Waals surface area contributed by atoms with Crippen LogP contribution in [0, 0.1) is 0 Å². The van der Waals surface area contributed by atoms with Crippen LogP contribution < -0.4 is 11.2 Å². The molecule has 0 amide bonds. The third-order valence-electron chi connectivity index (χ3n) is 2.46. The molecule has 0 saturated heterocycles. The van der Waals surface area contributed by atoms with E-state index in [0.717, 1.165) is 10.9 Å².